The molecule has 1 aromatic heterocycles. The van der Waals surface area contributed by atoms with E-state index in [1.165, 1.54) is 6.07 Å². The number of halogens is 1. The summed E-state index contributed by atoms with van der Waals surface area (Å²) in [7, 11) is 0. The molecule has 136 valence electrons. The number of nitrogens with one attached hydrogen (secondary N) is 2. The zero-order chi connectivity index (χ0) is 19.2. The van der Waals surface area contributed by atoms with Crippen LogP contribution in [0.5, 0.6) is 0 Å². The summed E-state index contributed by atoms with van der Waals surface area (Å²) in [5, 5.41) is 4.41. The molecular formula is C19H14ClN3O4. The normalized spacial score (nSPS) is 19.4. The summed E-state index contributed by atoms with van der Waals surface area (Å²) >= 11 is 5.92. The Balaban J connectivity index is 1.59. The fourth-order valence-corrected chi connectivity index (χ4v) is 3.17. The number of hydrogen-bond donors (Lipinski definition) is 2. The summed E-state index contributed by atoms with van der Waals surface area (Å²) in [6.45, 7) is 1.58. The van der Waals surface area contributed by atoms with Crippen LogP contribution in [0.15, 0.2) is 59.0 Å². The van der Waals surface area contributed by atoms with Gasteiger partial charge in [-0.3, -0.25) is 9.59 Å². The number of imide groups is 1. The van der Waals surface area contributed by atoms with Crippen LogP contribution in [0.2, 0.25) is 5.02 Å². The van der Waals surface area contributed by atoms with Gasteiger partial charge < -0.3 is 9.73 Å². The van der Waals surface area contributed by atoms with E-state index in [4.69, 9.17) is 16.0 Å². The summed E-state index contributed by atoms with van der Waals surface area (Å²) < 4.78 is 5.46. The molecule has 1 fully saturated rings. The van der Waals surface area contributed by atoms with Gasteiger partial charge in [-0.2, -0.15) is 5.01 Å². The van der Waals surface area contributed by atoms with E-state index in [1.54, 1.807) is 49.4 Å². The molecule has 2 N–H and O–H groups in total. The molecule has 0 aliphatic carbocycles. The maximum Gasteiger partial charge on any atom is 0.344 e. The minimum absolute atomic E-state index is 0.0406. The van der Waals surface area contributed by atoms with Crippen LogP contribution >= 0.6 is 11.6 Å². The third kappa shape index (κ3) is 2.82. The molecule has 1 saturated heterocycles. The van der Waals surface area contributed by atoms with Crippen LogP contribution in [0.3, 0.4) is 0 Å². The number of nitrogens with zero attached hydrogens (tertiary/aromatic N) is 1. The van der Waals surface area contributed by atoms with Crippen LogP contribution in [-0.4, -0.2) is 22.9 Å². The molecule has 2 heterocycles. The van der Waals surface area contributed by atoms with Crippen molar-refractivity contribution in [2.45, 2.75) is 12.5 Å². The Labute approximate surface area is 158 Å². The van der Waals surface area contributed by atoms with Gasteiger partial charge in [-0.25, -0.2) is 10.2 Å². The molecule has 2 aromatic carbocycles. The fourth-order valence-electron chi connectivity index (χ4n) is 2.99. The highest BCUT2D eigenvalue weighted by molar-refractivity contribution is 6.31. The molecule has 0 spiro atoms. The first kappa shape index (κ1) is 17.1. The minimum atomic E-state index is -1.27. The largest absolute Gasteiger partial charge is 0.451 e. The zero-order valence-corrected chi connectivity index (χ0v) is 14.9. The van der Waals surface area contributed by atoms with Crippen LogP contribution < -0.4 is 10.7 Å². The van der Waals surface area contributed by atoms with Gasteiger partial charge in [-0.1, -0.05) is 41.9 Å². The lowest BCUT2D eigenvalue weighted by atomic mass is 9.92. The molecule has 1 atom stereocenters. The molecule has 3 aromatic rings. The summed E-state index contributed by atoms with van der Waals surface area (Å²) in [4.78, 5) is 37.6. The molecule has 4 rings (SSSR count). The van der Waals surface area contributed by atoms with E-state index in [0.717, 1.165) is 0 Å². The Morgan fingerprint density at radius 1 is 1.15 bits per heavy atom. The van der Waals surface area contributed by atoms with Crippen molar-refractivity contribution in [2.75, 3.05) is 0 Å². The number of rotatable bonds is 3. The lowest BCUT2D eigenvalue weighted by molar-refractivity contribution is -0.132. The lowest BCUT2D eigenvalue weighted by Crippen LogP contribution is -2.47. The van der Waals surface area contributed by atoms with Crippen molar-refractivity contribution in [3.8, 4) is 0 Å². The van der Waals surface area contributed by atoms with Gasteiger partial charge >= 0.3 is 11.9 Å². The highest BCUT2D eigenvalue weighted by Gasteiger charge is 2.50. The van der Waals surface area contributed by atoms with Gasteiger partial charge in [0.25, 0.3) is 5.91 Å². The average molecular weight is 384 g/mol. The second-order valence-electron chi connectivity index (χ2n) is 6.30. The van der Waals surface area contributed by atoms with Crippen molar-refractivity contribution in [2.24, 2.45) is 0 Å². The molecule has 1 aliphatic rings. The van der Waals surface area contributed by atoms with Gasteiger partial charge in [0.1, 0.15) is 11.1 Å². The Bertz CT molecular complexity index is 1080. The number of carbonyl (C=O) groups is 3. The van der Waals surface area contributed by atoms with Gasteiger partial charge in [0.2, 0.25) is 0 Å². The van der Waals surface area contributed by atoms with Crippen LogP contribution in [0.25, 0.3) is 11.0 Å². The fraction of sp³-hybridized carbons (Fsp3) is 0.105. The summed E-state index contributed by atoms with van der Waals surface area (Å²) in [5.74, 6) is -1.35. The number of hydrogen-bond acceptors (Lipinski definition) is 4. The predicted octanol–water partition coefficient (Wildman–Crippen LogP) is 3.20. The van der Waals surface area contributed by atoms with E-state index in [1.807, 2.05) is 6.07 Å². The number of furan rings is 1. The Hall–Kier alpha value is -3.32. The van der Waals surface area contributed by atoms with Crippen molar-refractivity contribution in [1.82, 2.24) is 15.8 Å². The number of benzene rings is 2. The maximum atomic E-state index is 12.8. The monoisotopic (exact) mass is 383 g/mol. The molecule has 0 saturated carbocycles. The smallest absolute Gasteiger partial charge is 0.344 e. The molecule has 27 heavy (non-hydrogen) atoms. The topological polar surface area (TPSA) is 91.7 Å². The number of fused-ring (bicyclic) bond motifs is 1. The second-order valence-corrected chi connectivity index (χ2v) is 6.73. The Morgan fingerprint density at radius 2 is 1.89 bits per heavy atom. The standard InChI is InChI=1S/C19H14ClN3O4/c1-19(12-5-3-2-4-6-12)17(25)23(18(26)21-19)22-16(24)15-10-11-9-13(20)7-8-14(11)27-15/h2-10H,1H3,(H,21,26)(H,22,24). The summed E-state index contributed by atoms with van der Waals surface area (Å²) in [6.07, 6.45) is 0. The first-order chi connectivity index (χ1) is 12.9. The molecule has 0 radical (unpaired) electrons. The number of carbonyl (C=O) groups excluding carboxylic acids is 3. The molecule has 8 heteroatoms. The summed E-state index contributed by atoms with van der Waals surface area (Å²) in [6, 6.07) is 14.5. The number of hydrazine groups is 1. The van der Waals surface area contributed by atoms with E-state index in [-0.39, 0.29) is 5.76 Å². The van der Waals surface area contributed by atoms with Gasteiger partial charge in [-0.15, -0.1) is 0 Å². The molecular weight excluding hydrogens is 370 g/mol. The first-order valence-electron chi connectivity index (χ1n) is 8.11. The highest BCUT2D eigenvalue weighted by Crippen LogP contribution is 2.28. The van der Waals surface area contributed by atoms with Crippen molar-refractivity contribution in [3.05, 3.63) is 70.9 Å². The second kappa shape index (κ2) is 6.14. The molecule has 0 bridgehead atoms. The van der Waals surface area contributed by atoms with Gasteiger partial charge in [-0.05, 0) is 36.8 Å². The van der Waals surface area contributed by atoms with Crippen LogP contribution in [-0.2, 0) is 10.3 Å². The third-order valence-electron chi connectivity index (χ3n) is 4.46. The SMILES string of the molecule is CC1(c2ccccc2)NC(=O)N(NC(=O)c2cc3cc(Cl)ccc3o2)C1=O. The van der Waals surface area contributed by atoms with E-state index in [9.17, 15) is 14.4 Å². The molecule has 1 unspecified atom stereocenters. The van der Waals surface area contributed by atoms with Crippen molar-refractivity contribution in [1.29, 1.82) is 0 Å². The van der Waals surface area contributed by atoms with Gasteiger partial charge in [0, 0.05) is 10.4 Å². The third-order valence-corrected chi connectivity index (χ3v) is 4.69. The van der Waals surface area contributed by atoms with E-state index in [2.05, 4.69) is 10.7 Å². The quantitative estimate of drug-likeness (QED) is 0.679. The molecule has 7 nitrogen and oxygen atoms in total. The highest BCUT2D eigenvalue weighted by atomic mass is 35.5. The van der Waals surface area contributed by atoms with Crippen LogP contribution in [0.1, 0.15) is 23.0 Å². The van der Waals surface area contributed by atoms with E-state index < -0.39 is 23.4 Å². The van der Waals surface area contributed by atoms with Crippen LogP contribution in [0.4, 0.5) is 4.79 Å². The average Bonchev–Trinajstić information content (AvgIpc) is 3.17. The number of amides is 4. The van der Waals surface area contributed by atoms with Crippen molar-refractivity contribution < 1.29 is 18.8 Å². The molecule has 1 aliphatic heterocycles. The predicted molar refractivity (Wildman–Crippen MR) is 97.9 cm³/mol. The minimum Gasteiger partial charge on any atom is -0.451 e. The molecule has 4 amide bonds. The van der Waals surface area contributed by atoms with Gasteiger partial charge in [0.15, 0.2) is 5.76 Å². The van der Waals surface area contributed by atoms with Crippen LogP contribution in [0, 0.1) is 0 Å². The first-order valence-corrected chi connectivity index (χ1v) is 8.48. The Morgan fingerprint density at radius 3 is 2.63 bits per heavy atom. The van der Waals surface area contributed by atoms with Gasteiger partial charge in [0.05, 0.1) is 0 Å². The van der Waals surface area contributed by atoms with Crippen molar-refractivity contribution >= 4 is 40.4 Å². The Kier molecular flexibility index (Phi) is 3.89. The van der Waals surface area contributed by atoms with E-state index in [0.29, 0.717) is 26.6 Å². The van der Waals surface area contributed by atoms with Crippen molar-refractivity contribution in [3.63, 3.8) is 0 Å². The lowest BCUT2D eigenvalue weighted by Gasteiger charge is -2.21. The van der Waals surface area contributed by atoms with E-state index >= 15 is 0 Å². The zero-order valence-electron chi connectivity index (χ0n) is 14.2. The maximum absolute atomic E-state index is 12.8. The summed E-state index contributed by atoms with van der Waals surface area (Å²) in [5.41, 5.74) is 2.11. The number of urea groups is 1.